The first kappa shape index (κ1) is 14.6. The van der Waals surface area contributed by atoms with Crippen LogP contribution in [0.3, 0.4) is 0 Å². The van der Waals surface area contributed by atoms with Gasteiger partial charge in [-0.1, -0.05) is 11.6 Å². The third-order valence-electron chi connectivity index (χ3n) is 3.61. The van der Waals surface area contributed by atoms with Gasteiger partial charge in [-0.15, -0.1) is 0 Å². The van der Waals surface area contributed by atoms with Gasteiger partial charge in [-0.3, -0.25) is 0 Å². The average Bonchev–Trinajstić information content (AvgIpc) is 2.41. The Kier molecular flexibility index (Phi) is 4.38. The molecule has 1 aromatic rings. The van der Waals surface area contributed by atoms with E-state index in [0.29, 0.717) is 18.5 Å². The van der Waals surface area contributed by atoms with Gasteiger partial charge >= 0.3 is 0 Å². The summed E-state index contributed by atoms with van der Waals surface area (Å²) in [5.41, 5.74) is 6.06. The number of halogens is 1. The van der Waals surface area contributed by atoms with E-state index in [1.807, 2.05) is 0 Å². The molecule has 0 aliphatic heterocycles. The predicted molar refractivity (Wildman–Crippen MR) is 76.1 cm³/mol. The van der Waals surface area contributed by atoms with Crippen LogP contribution in [-0.4, -0.2) is 26.9 Å². The first-order chi connectivity index (χ1) is 8.95. The lowest BCUT2D eigenvalue weighted by atomic mass is 9.97. The number of hydrogen-bond donors (Lipinski definition) is 1. The molecule has 1 aromatic carbocycles. The zero-order valence-electron chi connectivity index (χ0n) is 10.8. The third kappa shape index (κ3) is 3.04. The maximum atomic E-state index is 12.6. The van der Waals surface area contributed by atoms with Crippen LogP contribution in [0.25, 0.3) is 0 Å². The summed E-state index contributed by atoms with van der Waals surface area (Å²) in [7, 11) is -1.83. The van der Waals surface area contributed by atoms with E-state index in [2.05, 4.69) is 0 Å². The molecular formula is C13H18ClNO3S. The van der Waals surface area contributed by atoms with Crippen LogP contribution in [0.15, 0.2) is 23.1 Å². The Labute approximate surface area is 118 Å². The van der Waals surface area contributed by atoms with Gasteiger partial charge < -0.3 is 10.5 Å². The van der Waals surface area contributed by atoms with Gasteiger partial charge in [0.2, 0.25) is 0 Å². The molecule has 106 valence electrons. The molecule has 0 heterocycles. The number of nitrogens with two attached hydrogens (primary N) is 1. The number of sulfone groups is 1. The van der Waals surface area contributed by atoms with Crippen LogP contribution in [0.2, 0.25) is 5.02 Å². The van der Waals surface area contributed by atoms with E-state index in [-0.39, 0.29) is 16.0 Å². The molecule has 1 aliphatic rings. The molecule has 0 saturated heterocycles. The molecule has 1 aliphatic carbocycles. The predicted octanol–water partition coefficient (Wildman–Crippen LogP) is 2.65. The first-order valence-corrected chi connectivity index (χ1v) is 8.19. The van der Waals surface area contributed by atoms with Crippen molar-refractivity contribution in [3.05, 3.63) is 23.2 Å². The van der Waals surface area contributed by atoms with Crippen LogP contribution in [0.4, 0.5) is 5.69 Å². The molecular weight excluding hydrogens is 286 g/mol. The van der Waals surface area contributed by atoms with E-state index in [1.165, 1.54) is 12.1 Å². The van der Waals surface area contributed by atoms with Crippen molar-refractivity contribution in [2.24, 2.45) is 0 Å². The zero-order valence-corrected chi connectivity index (χ0v) is 12.4. The first-order valence-electron chi connectivity index (χ1n) is 6.27. The summed E-state index contributed by atoms with van der Waals surface area (Å²) in [5.74, 6) is 0. The second-order valence-electron chi connectivity index (χ2n) is 4.88. The lowest BCUT2D eigenvalue weighted by Crippen LogP contribution is -2.31. The summed E-state index contributed by atoms with van der Waals surface area (Å²) in [6.07, 6.45) is 2.93. The minimum absolute atomic E-state index is 0.00774. The molecule has 4 nitrogen and oxygen atoms in total. The van der Waals surface area contributed by atoms with Gasteiger partial charge in [0, 0.05) is 12.8 Å². The second-order valence-corrected chi connectivity index (χ2v) is 7.48. The molecule has 1 fully saturated rings. The molecule has 1 saturated carbocycles. The Morgan fingerprint density at radius 2 is 2.11 bits per heavy atom. The number of rotatable bonds is 3. The highest BCUT2D eigenvalue weighted by Gasteiger charge is 2.34. The number of anilines is 1. The fourth-order valence-electron chi connectivity index (χ4n) is 2.52. The Hall–Kier alpha value is -0.780. The standard InChI is InChI=1S/C13H18ClNO3S/c1-18-10-3-2-4-11(8-10)19(16,17)13-7-9(15)5-6-12(13)14/h5-7,10-11H,2-4,8,15H2,1H3. The number of ether oxygens (including phenoxy) is 1. The van der Waals surface area contributed by atoms with Crippen LogP contribution in [0.5, 0.6) is 0 Å². The summed E-state index contributed by atoms with van der Waals surface area (Å²) in [5, 5.41) is -0.209. The Morgan fingerprint density at radius 1 is 1.37 bits per heavy atom. The highest BCUT2D eigenvalue weighted by molar-refractivity contribution is 7.92. The summed E-state index contributed by atoms with van der Waals surface area (Å²) < 4.78 is 30.5. The van der Waals surface area contributed by atoms with E-state index in [9.17, 15) is 8.42 Å². The molecule has 0 aromatic heterocycles. The van der Waals surface area contributed by atoms with Crippen molar-refractivity contribution in [3.8, 4) is 0 Å². The Balaban J connectivity index is 2.34. The fourth-order valence-corrected chi connectivity index (χ4v) is 4.90. The molecule has 2 unspecified atom stereocenters. The number of benzene rings is 1. The molecule has 6 heteroatoms. The monoisotopic (exact) mass is 303 g/mol. The van der Waals surface area contributed by atoms with E-state index >= 15 is 0 Å². The van der Waals surface area contributed by atoms with Crippen molar-refractivity contribution in [2.75, 3.05) is 12.8 Å². The SMILES string of the molecule is COC1CCCC(S(=O)(=O)c2cc(N)ccc2Cl)C1. The smallest absolute Gasteiger partial charge is 0.182 e. The molecule has 2 N–H and O–H groups in total. The maximum absolute atomic E-state index is 12.6. The van der Waals surface area contributed by atoms with Gasteiger partial charge in [-0.05, 0) is 43.9 Å². The molecule has 0 radical (unpaired) electrons. The van der Waals surface area contributed by atoms with E-state index < -0.39 is 15.1 Å². The van der Waals surface area contributed by atoms with Crippen LogP contribution < -0.4 is 5.73 Å². The topological polar surface area (TPSA) is 69.4 Å². The van der Waals surface area contributed by atoms with Crippen molar-refractivity contribution in [3.63, 3.8) is 0 Å². The largest absolute Gasteiger partial charge is 0.399 e. The number of nitrogen functional groups attached to an aromatic ring is 1. The Morgan fingerprint density at radius 3 is 2.79 bits per heavy atom. The molecule has 2 rings (SSSR count). The minimum atomic E-state index is -3.45. The van der Waals surface area contributed by atoms with Gasteiger partial charge in [-0.25, -0.2) is 8.42 Å². The molecule has 2 atom stereocenters. The summed E-state index contributed by atoms with van der Waals surface area (Å²) >= 11 is 6.00. The summed E-state index contributed by atoms with van der Waals surface area (Å²) in [4.78, 5) is 0.135. The van der Waals surface area contributed by atoms with E-state index in [0.717, 1.165) is 12.8 Å². The normalized spacial score (nSPS) is 24.3. The average molecular weight is 304 g/mol. The van der Waals surface area contributed by atoms with Gasteiger partial charge in [0.05, 0.1) is 21.3 Å². The third-order valence-corrected chi connectivity index (χ3v) is 6.31. The Bertz CT molecular complexity index is 559. The second kappa shape index (κ2) is 5.69. The van der Waals surface area contributed by atoms with Crippen molar-refractivity contribution in [2.45, 2.75) is 41.9 Å². The van der Waals surface area contributed by atoms with Gasteiger partial charge in [0.15, 0.2) is 9.84 Å². The lowest BCUT2D eigenvalue weighted by molar-refractivity contribution is 0.0720. The quantitative estimate of drug-likeness (QED) is 0.872. The number of hydrogen-bond acceptors (Lipinski definition) is 4. The minimum Gasteiger partial charge on any atom is -0.399 e. The van der Waals surface area contributed by atoms with E-state index in [4.69, 9.17) is 22.1 Å². The fraction of sp³-hybridized carbons (Fsp3) is 0.538. The van der Waals surface area contributed by atoms with Gasteiger partial charge in [0.25, 0.3) is 0 Å². The summed E-state index contributed by atoms with van der Waals surface area (Å²) in [6.45, 7) is 0. The molecule has 0 spiro atoms. The van der Waals surface area contributed by atoms with Crippen molar-refractivity contribution >= 4 is 27.1 Å². The van der Waals surface area contributed by atoms with Gasteiger partial charge in [0.1, 0.15) is 0 Å². The van der Waals surface area contributed by atoms with Crippen LogP contribution in [0.1, 0.15) is 25.7 Å². The van der Waals surface area contributed by atoms with E-state index in [1.54, 1.807) is 13.2 Å². The zero-order chi connectivity index (χ0) is 14.0. The van der Waals surface area contributed by atoms with Crippen LogP contribution >= 0.6 is 11.6 Å². The lowest BCUT2D eigenvalue weighted by Gasteiger charge is -2.28. The van der Waals surface area contributed by atoms with Crippen molar-refractivity contribution in [1.82, 2.24) is 0 Å². The van der Waals surface area contributed by atoms with Gasteiger partial charge in [-0.2, -0.15) is 0 Å². The highest BCUT2D eigenvalue weighted by Crippen LogP contribution is 2.33. The van der Waals surface area contributed by atoms with Crippen molar-refractivity contribution < 1.29 is 13.2 Å². The molecule has 0 bridgehead atoms. The maximum Gasteiger partial charge on any atom is 0.182 e. The van der Waals surface area contributed by atoms with Crippen LogP contribution in [0, 0.1) is 0 Å². The summed E-state index contributed by atoms with van der Waals surface area (Å²) in [6, 6.07) is 4.56. The highest BCUT2D eigenvalue weighted by atomic mass is 35.5. The van der Waals surface area contributed by atoms with Crippen LogP contribution in [-0.2, 0) is 14.6 Å². The number of methoxy groups -OCH3 is 1. The molecule has 0 amide bonds. The molecule has 19 heavy (non-hydrogen) atoms. The van der Waals surface area contributed by atoms with Crippen molar-refractivity contribution in [1.29, 1.82) is 0 Å².